The topological polar surface area (TPSA) is 88.2 Å². The zero-order valence-electron chi connectivity index (χ0n) is 24.3. The zero-order valence-corrected chi connectivity index (χ0v) is 26.0. The predicted molar refractivity (Wildman–Crippen MR) is 167 cm³/mol. The lowest BCUT2D eigenvalue weighted by Gasteiger charge is -2.49. The number of nitrogens with one attached hydrogen (secondary N) is 1. The third kappa shape index (κ3) is 7.04. The maximum absolute atomic E-state index is 14.0. The molecule has 3 atom stereocenters. The summed E-state index contributed by atoms with van der Waals surface area (Å²) in [6.07, 6.45) is 1.73. The van der Waals surface area contributed by atoms with Crippen molar-refractivity contribution in [1.82, 2.24) is 15.1 Å². The molecule has 3 heterocycles. The Morgan fingerprint density at radius 1 is 1.07 bits per heavy atom. The van der Waals surface area contributed by atoms with Crippen molar-refractivity contribution in [2.45, 2.75) is 55.6 Å². The number of benzene rings is 2. The maximum atomic E-state index is 14.0. The number of rotatable bonds is 8. The minimum Gasteiger partial charge on any atom is -0.448 e. The third-order valence-electron chi connectivity index (χ3n) is 7.18. The predicted octanol–water partition coefficient (Wildman–Crippen LogP) is 5.33. The summed E-state index contributed by atoms with van der Waals surface area (Å²) in [6.45, 7) is 7.38. The molecule has 0 saturated carbocycles. The first-order valence-corrected chi connectivity index (χ1v) is 16.1. The van der Waals surface area contributed by atoms with Crippen LogP contribution in [0, 0.1) is 0 Å². The van der Waals surface area contributed by atoms with Crippen LogP contribution in [0.15, 0.2) is 83.4 Å². The van der Waals surface area contributed by atoms with Crippen LogP contribution in [0.5, 0.6) is 0 Å². The van der Waals surface area contributed by atoms with Gasteiger partial charge in [0.25, 0.3) is 5.91 Å². The molecule has 5 rings (SSSR count). The van der Waals surface area contributed by atoms with Crippen molar-refractivity contribution in [3.8, 4) is 0 Å². The number of hydrogen-bond donors (Lipinski definition) is 1. The number of fused-ring (bicyclic) bond motifs is 1. The normalized spacial score (nSPS) is 22.7. The van der Waals surface area contributed by atoms with Gasteiger partial charge < -0.3 is 19.7 Å². The highest BCUT2D eigenvalue weighted by Crippen LogP contribution is 2.42. The molecule has 0 unspecified atom stereocenters. The van der Waals surface area contributed by atoms with Gasteiger partial charge in [0, 0.05) is 17.5 Å². The minimum absolute atomic E-state index is 0.225. The number of hydrogen-bond acceptors (Lipinski definition) is 8. The van der Waals surface area contributed by atoms with Gasteiger partial charge in [-0.1, -0.05) is 60.7 Å². The first-order valence-electron chi connectivity index (χ1n) is 14.1. The standard InChI is InChI=1S/C32H37N3O5S2/c1-32(2,3)40-31(38)33-25-28(36)35-26(23(20-42-29(25)35)16-18-41-24-15-17-34(4)19-24)30(37)39-27(21-11-7-5-8-12-21)22-13-9-6-10-14-22/h5-14,16,18,24-25,27,29H,15,17,19-20H2,1-4H3,(H,33,38)/t24-,25+,29+/m0/s1. The summed E-state index contributed by atoms with van der Waals surface area (Å²) < 4.78 is 11.6. The molecular weight excluding hydrogens is 571 g/mol. The molecule has 0 aromatic heterocycles. The van der Waals surface area contributed by atoms with E-state index in [1.54, 1.807) is 32.5 Å². The van der Waals surface area contributed by atoms with E-state index in [4.69, 9.17) is 9.47 Å². The molecule has 2 saturated heterocycles. The second-order valence-electron chi connectivity index (χ2n) is 11.6. The smallest absolute Gasteiger partial charge is 0.408 e. The SMILES string of the molecule is CN1CC[C@H](SC=CC2=C(C(=O)OC(c3ccccc3)c3ccccc3)N3C(=O)[C@@H](NC(=O)OC(C)(C)C)[C@H]3SC2)C1. The van der Waals surface area contributed by atoms with Gasteiger partial charge in [-0.15, -0.1) is 23.5 Å². The number of alkyl carbamates (subject to hydrolysis) is 1. The van der Waals surface area contributed by atoms with E-state index >= 15 is 0 Å². The van der Waals surface area contributed by atoms with Crippen LogP contribution in [0.3, 0.4) is 0 Å². The van der Waals surface area contributed by atoms with E-state index in [9.17, 15) is 14.4 Å². The molecule has 0 radical (unpaired) electrons. The first-order chi connectivity index (χ1) is 20.1. The zero-order chi connectivity index (χ0) is 29.9. The van der Waals surface area contributed by atoms with Crippen LogP contribution < -0.4 is 5.32 Å². The summed E-state index contributed by atoms with van der Waals surface area (Å²) in [4.78, 5) is 43.8. The fourth-order valence-corrected chi connectivity index (χ4v) is 7.55. The molecule has 8 nitrogen and oxygen atoms in total. The summed E-state index contributed by atoms with van der Waals surface area (Å²) in [5.74, 6) is -0.446. The summed E-state index contributed by atoms with van der Waals surface area (Å²) in [6, 6.07) is 18.3. The fourth-order valence-electron chi connectivity index (χ4n) is 5.18. The Bertz CT molecular complexity index is 1320. The van der Waals surface area contributed by atoms with Crippen LogP contribution in [0.1, 0.15) is 44.4 Å². The van der Waals surface area contributed by atoms with Gasteiger partial charge in [0.05, 0.1) is 0 Å². The van der Waals surface area contributed by atoms with Gasteiger partial charge in [-0.25, -0.2) is 9.59 Å². The molecule has 0 bridgehead atoms. The average molecular weight is 608 g/mol. The van der Waals surface area contributed by atoms with Crippen molar-refractivity contribution in [3.63, 3.8) is 0 Å². The number of carbonyl (C=O) groups excluding carboxylic acids is 3. The number of nitrogens with zero attached hydrogens (tertiary/aromatic N) is 2. The van der Waals surface area contributed by atoms with Crippen LogP contribution >= 0.6 is 23.5 Å². The third-order valence-corrected chi connectivity index (χ3v) is 9.55. The summed E-state index contributed by atoms with van der Waals surface area (Å²) in [5.41, 5.74) is 1.92. The Kier molecular flexibility index (Phi) is 9.35. The molecule has 42 heavy (non-hydrogen) atoms. The summed E-state index contributed by atoms with van der Waals surface area (Å²) in [7, 11) is 2.12. The van der Waals surface area contributed by atoms with E-state index in [1.807, 2.05) is 72.1 Å². The van der Waals surface area contributed by atoms with Crippen LogP contribution in [0.4, 0.5) is 4.79 Å². The van der Waals surface area contributed by atoms with Gasteiger partial charge in [0.2, 0.25) is 0 Å². The first kappa shape index (κ1) is 30.3. The van der Waals surface area contributed by atoms with Crippen LogP contribution in [0.2, 0.25) is 0 Å². The molecule has 2 amide bonds. The van der Waals surface area contributed by atoms with Crippen molar-refractivity contribution in [1.29, 1.82) is 0 Å². The Labute approximate surface area is 255 Å². The molecule has 0 aliphatic carbocycles. The van der Waals surface area contributed by atoms with E-state index in [-0.39, 0.29) is 11.6 Å². The van der Waals surface area contributed by atoms with Crippen molar-refractivity contribution in [3.05, 3.63) is 94.5 Å². The molecule has 2 aromatic rings. The van der Waals surface area contributed by atoms with Gasteiger partial charge in [-0.2, -0.15) is 0 Å². The van der Waals surface area contributed by atoms with Crippen molar-refractivity contribution < 1.29 is 23.9 Å². The van der Waals surface area contributed by atoms with Gasteiger partial charge in [0.15, 0.2) is 6.10 Å². The van der Waals surface area contributed by atoms with Gasteiger partial charge >= 0.3 is 12.1 Å². The Balaban J connectivity index is 1.42. The Morgan fingerprint density at radius 3 is 2.29 bits per heavy atom. The highest BCUT2D eigenvalue weighted by Gasteiger charge is 2.54. The number of β-lactam (4-membered cyclic amide) rings is 1. The molecule has 3 aliphatic heterocycles. The lowest BCUT2D eigenvalue weighted by molar-refractivity contribution is -0.153. The number of esters is 1. The van der Waals surface area contributed by atoms with Crippen molar-refractivity contribution in [2.75, 3.05) is 25.9 Å². The molecule has 222 valence electrons. The molecule has 2 aromatic carbocycles. The molecule has 3 aliphatic rings. The minimum atomic E-state index is -0.791. The van der Waals surface area contributed by atoms with Crippen LogP contribution in [-0.4, -0.2) is 75.9 Å². The number of carbonyl (C=O) groups is 3. The van der Waals surface area contributed by atoms with Crippen molar-refractivity contribution in [2.24, 2.45) is 0 Å². The van der Waals surface area contributed by atoms with Crippen molar-refractivity contribution >= 4 is 41.5 Å². The van der Waals surface area contributed by atoms with Gasteiger partial charge in [-0.05, 0) is 69.0 Å². The van der Waals surface area contributed by atoms with Crippen LogP contribution in [0.25, 0.3) is 0 Å². The largest absolute Gasteiger partial charge is 0.448 e. The molecule has 0 spiro atoms. The molecule has 2 fully saturated rings. The lowest BCUT2D eigenvalue weighted by atomic mass is 10.0. The monoisotopic (exact) mass is 607 g/mol. The van der Waals surface area contributed by atoms with E-state index < -0.39 is 35.2 Å². The second kappa shape index (κ2) is 13.0. The van der Waals surface area contributed by atoms with Gasteiger partial charge in [-0.3, -0.25) is 9.69 Å². The maximum Gasteiger partial charge on any atom is 0.408 e. The number of likely N-dealkylation sites (tertiary alicyclic amines) is 1. The molecular formula is C32H37N3O5S2. The summed E-state index contributed by atoms with van der Waals surface area (Å²) >= 11 is 3.25. The van der Waals surface area contributed by atoms with Gasteiger partial charge in [0.1, 0.15) is 22.7 Å². The number of allylic oxidation sites excluding steroid dienone is 1. The molecule has 1 N–H and O–H groups in total. The highest BCUT2D eigenvalue weighted by atomic mass is 32.2. The number of ether oxygens (including phenoxy) is 2. The Morgan fingerprint density at radius 2 is 1.71 bits per heavy atom. The number of thioether (sulfide) groups is 2. The second-order valence-corrected chi connectivity index (χ2v) is 13.9. The lowest BCUT2D eigenvalue weighted by Crippen LogP contribution is -2.70. The average Bonchev–Trinajstić information content (AvgIpc) is 3.38. The van der Waals surface area contributed by atoms with E-state index in [0.717, 1.165) is 36.2 Å². The fraction of sp³-hybridized carbons (Fsp3) is 0.406. The Hall–Kier alpha value is -3.21. The summed E-state index contributed by atoms with van der Waals surface area (Å²) in [5, 5.41) is 4.77. The van der Waals surface area contributed by atoms with Crippen LogP contribution in [-0.2, 0) is 19.1 Å². The molecule has 10 heteroatoms. The quantitative estimate of drug-likeness (QED) is 0.318. The van der Waals surface area contributed by atoms with E-state index in [2.05, 4.69) is 17.3 Å². The van der Waals surface area contributed by atoms with E-state index in [1.165, 1.54) is 16.7 Å². The van der Waals surface area contributed by atoms with E-state index in [0.29, 0.717) is 11.0 Å². The highest BCUT2D eigenvalue weighted by molar-refractivity contribution is 8.02. The number of amides is 2.